The molecule has 0 amide bonds. The third-order valence-corrected chi connectivity index (χ3v) is 0.785. The lowest BCUT2D eigenvalue weighted by atomic mass is 10.3. The van der Waals surface area contributed by atoms with E-state index in [0.29, 0.717) is 11.5 Å². The molecule has 0 aromatic carbocycles. The summed E-state index contributed by atoms with van der Waals surface area (Å²) in [5, 5.41) is 0.539. The lowest BCUT2D eigenvalue weighted by molar-refractivity contribution is 0.957. The topological polar surface area (TPSA) is 0 Å². The van der Waals surface area contributed by atoms with Crippen LogP contribution in [0.25, 0.3) is 0 Å². The van der Waals surface area contributed by atoms with Crippen molar-refractivity contribution < 1.29 is 1.37 Å². The highest BCUT2D eigenvalue weighted by Gasteiger charge is 1.94. The fraction of sp³-hybridized carbons (Fsp3) is 0.600. The standard InChI is InChI=1S/C5H8Cl2/c1-4(6)3-5(2)7/h5H,1,3H2,2H3/i1D. The van der Waals surface area contributed by atoms with Gasteiger partial charge in [-0.05, 0) is 13.3 Å². The van der Waals surface area contributed by atoms with Gasteiger partial charge < -0.3 is 0 Å². The predicted octanol–water partition coefficient (Wildman–Crippen LogP) is 2.76. The molecule has 0 heterocycles. The Bertz CT molecular complexity index is 88.4. The fourth-order valence-corrected chi connectivity index (χ4v) is 0.745. The normalized spacial score (nSPS) is 18.7. The number of hydrogen-bond acceptors (Lipinski definition) is 0. The largest absolute Gasteiger partial charge is 0.123 e. The molecule has 1 unspecified atom stereocenters. The number of alkyl halides is 1. The van der Waals surface area contributed by atoms with E-state index in [0.717, 1.165) is 6.55 Å². The molecule has 0 aromatic heterocycles. The summed E-state index contributed by atoms with van der Waals surface area (Å²) in [6.07, 6.45) is 0.590. The van der Waals surface area contributed by atoms with Crippen molar-refractivity contribution >= 4 is 23.2 Å². The minimum atomic E-state index is 0.0316. The van der Waals surface area contributed by atoms with Crippen LogP contribution in [0.4, 0.5) is 0 Å². The van der Waals surface area contributed by atoms with Crippen LogP contribution in [0, 0.1) is 0 Å². The maximum atomic E-state index is 6.65. The molecule has 7 heavy (non-hydrogen) atoms. The second-order valence-electron chi connectivity index (χ2n) is 1.43. The lowest BCUT2D eigenvalue weighted by Gasteiger charge is -1.95. The molecule has 0 aliphatic carbocycles. The van der Waals surface area contributed by atoms with Crippen LogP contribution in [0.5, 0.6) is 0 Å². The minimum absolute atomic E-state index is 0.0316. The summed E-state index contributed by atoms with van der Waals surface area (Å²) in [6.45, 7) is 2.95. The summed E-state index contributed by atoms with van der Waals surface area (Å²) in [7, 11) is 0. The molecule has 0 saturated carbocycles. The van der Waals surface area contributed by atoms with Gasteiger partial charge in [-0.15, -0.1) is 11.6 Å². The van der Waals surface area contributed by atoms with Gasteiger partial charge >= 0.3 is 0 Å². The van der Waals surface area contributed by atoms with Gasteiger partial charge in [0.05, 0.1) is 1.37 Å². The molecule has 0 saturated heterocycles. The van der Waals surface area contributed by atoms with Crippen molar-refractivity contribution in [3.05, 3.63) is 11.6 Å². The molecule has 42 valence electrons. The Morgan fingerprint density at radius 3 is 2.86 bits per heavy atom. The van der Waals surface area contributed by atoms with Crippen molar-refractivity contribution in [3.63, 3.8) is 0 Å². The van der Waals surface area contributed by atoms with Crippen LogP contribution in [-0.4, -0.2) is 5.38 Å². The highest BCUT2D eigenvalue weighted by atomic mass is 35.5. The van der Waals surface area contributed by atoms with Crippen LogP contribution >= 0.6 is 23.2 Å². The second kappa shape index (κ2) is 3.34. The van der Waals surface area contributed by atoms with E-state index in [1.165, 1.54) is 0 Å². The van der Waals surface area contributed by atoms with Gasteiger partial charge in [-0.25, -0.2) is 0 Å². The Labute approximate surface area is 55.5 Å². The van der Waals surface area contributed by atoms with E-state index >= 15 is 0 Å². The number of rotatable bonds is 2. The SMILES string of the molecule is [2H]C=C(Cl)CC(C)Cl. The molecule has 0 aliphatic heterocycles. The van der Waals surface area contributed by atoms with E-state index in [-0.39, 0.29) is 5.38 Å². The number of allylic oxidation sites excluding steroid dienone is 1. The van der Waals surface area contributed by atoms with Crippen LogP contribution in [0.3, 0.4) is 0 Å². The Balaban J connectivity index is 3.39. The van der Waals surface area contributed by atoms with Crippen molar-refractivity contribution in [1.29, 1.82) is 0 Å². The Kier molecular flexibility index (Phi) is 2.60. The van der Waals surface area contributed by atoms with Crippen molar-refractivity contribution in [2.75, 3.05) is 0 Å². The molecule has 0 aliphatic rings. The van der Waals surface area contributed by atoms with Crippen LogP contribution in [0.15, 0.2) is 11.6 Å². The summed E-state index contributed by atoms with van der Waals surface area (Å²) in [5.74, 6) is 0. The second-order valence-corrected chi connectivity index (χ2v) is 2.66. The zero-order chi connectivity index (χ0) is 6.57. The van der Waals surface area contributed by atoms with E-state index in [1.54, 1.807) is 0 Å². The van der Waals surface area contributed by atoms with Crippen LogP contribution in [0.2, 0.25) is 0 Å². The van der Waals surface area contributed by atoms with Crippen LogP contribution in [0.1, 0.15) is 14.7 Å². The molecule has 0 spiro atoms. The van der Waals surface area contributed by atoms with Gasteiger partial charge in [0.25, 0.3) is 0 Å². The monoisotopic (exact) mass is 139 g/mol. The van der Waals surface area contributed by atoms with Crippen molar-refractivity contribution in [3.8, 4) is 0 Å². The Hall–Kier alpha value is 0.320. The van der Waals surface area contributed by atoms with Gasteiger partial charge in [-0.3, -0.25) is 0 Å². The molecular formula is C5H8Cl2. The first-order chi connectivity index (χ1) is 3.66. The Morgan fingerprint density at radius 1 is 2.14 bits per heavy atom. The van der Waals surface area contributed by atoms with E-state index < -0.39 is 0 Å². The molecule has 0 fully saturated rings. The zero-order valence-electron chi connectivity index (χ0n) is 5.12. The summed E-state index contributed by atoms with van der Waals surface area (Å²) in [6, 6.07) is 0. The van der Waals surface area contributed by atoms with Crippen LogP contribution < -0.4 is 0 Å². The van der Waals surface area contributed by atoms with Gasteiger partial charge in [0.1, 0.15) is 0 Å². The summed E-state index contributed by atoms with van der Waals surface area (Å²) >= 11 is 11.0. The fourth-order valence-electron chi connectivity index (χ4n) is 0.269. The lowest BCUT2D eigenvalue weighted by Crippen LogP contribution is -1.87. The van der Waals surface area contributed by atoms with Gasteiger partial charge in [0.2, 0.25) is 0 Å². The molecule has 0 nitrogen and oxygen atoms in total. The molecule has 0 N–H and O–H groups in total. The first-order valence-corrected chi connectivity index (χ1v) is 2.85. The molecule has 0 bridgehead atoms. The summed E-state index contributed by atoms with van der Waals surface area (Å²) in [4.78, 5) is 0. The van der Waals surface area contributed by atoms with Crippen molar-refractivity contribution in [2.24, 2.45) is 0 Å². The highest BCUT2D eigenvalue weighted by Crippen LogP contribution is 2.10. The average Bonchev–Trinajstić information content (AvgIpc) is 1.65. The maximum Gasteiger partial charge on any atom is 0.0550 e. The van der Waals surface area contributed by atoms with E-state index in [4.69, 9.17) is 24.6 Å². The third-order valence-electron chi connectivity index (χ3n) is 0.476. The molecule has 0 aromatic rings. The maximum absolute atomic E-state index is 6.65. The summed E-state index contributed by atoms with van der Waals surface area (Å²) in [5.41, 5.74) is 0. The predicted molar refractivity (Wildman–Crippen MR) is 34.9 cm³/mol. The molecule has 1 atom stereocenters. The quantitative estimate of drug-likeness (QED) is 0.517. The number of hydrogen-bond donors (Lipinski definition) is 0. The van der Waals surface area contributed by atoms with Gasteiger partial charge in [0, 0.05) is 10.4 Å². The first-order valence-electron chi connectivity index (χ1n) is 2.61. The smallest absolute Gasteiger partial charge is 0.0550 e. The molecule has 2 heteroatoms. The van der Waals surface area contributed by atoms with E-state index in [1.807, 2.05) is 6.92 Å². The first kappa shape index (κ1) is 5.46. The average molecular weight is 140 g/mol. The van der Waals surface area contributed by atoms with Crippen molar-refractivity contribution in [2.45, 2.75) is 18.7 Å². The minimum Gasteiger partial charge on any atom is -0.123 e. The van der Waals surface area contributed by atoms with Gasteiger partial charge in [-0.1, -0.05) is 18.2 Å². The van der Waals surface area contributed by atoms with Crippen LogP contribution in [-0.2, 0) is 0 Å². The molecule has 0 rings (SSSR count). The van der Waals surface area contributed by atoms with Gasteiger partial charge in [0.15, 0.2) is 0 Å². The van der Waals surface area contributed by atoms with Gasteiger partial charge in [-0.2, -0.15) is 0 Å². The molecular weight excluding hydrogens is 131 g/mol. The highest BCUT2D eigenvalue weighted by molar-refractivity contribution is 6.30. The van der Waals surface area contributed by atoms with E-state index in [9.17, 15) is 0 Å². The Morgan fingerprint density at radius 2 is 2.71 bits per heavy atom. The number of halogens is 2. The van der Waals surface area contributed by atoms with E-state index in [2.05, 4.69) is 0 Å². The van der Waals surface area contributed by atoms with Crippen molar-refractivity contribution in [1.82, 2.24) is 0 Å². The zero-order valence-corrected chi connectivity index (χ0v) is 5.63. The third kappa shape index (κ3) is 6.32. The molecule has 0 radical (unpaired) electrons. The summed E-state index contributed by atoms with van der Waals surface area (Å²) < 4.78 is 6.65.